The van der Waals surface area contributed by atoms with Crippen LogP contribution >= 0.6 is 11.6 Å². The number of H-pyrrole nitrogens is 1. The van der Waals surface area contributed by atoms with Gasteiger partial charge in [0, 0.05) is 30.6 Å². The lowest BCUT2D eigenvalue weighted by molar-refractivity contribution is -0.0161. The number of azo groups is 1. The molecule has 1 fully saturated rings. The van der Waals surface area contributed by atoms with Crippen LogP contribution in [-0.2, 0) is 21.5 Å². The van der Waals surface area contributed by atoms with E-state index in [0.29, 0.717) is 22.6 Å². The van der Waals surface area contributed by atoms with Crippen molar-refractivity contribution in [2.75, 3.05) is 24.9 Å². The molecule has 1 aliphatic carbocycles. The highest BCUT2D eigenvalue weighted by molar-refractivity contribution is 7.90. The lowest BCUT2D eigenvalue weighted by Crippen LogP contribution is -2.42. The van der Waals surface area contributed by atoms with E-state index in [1.165, 1.54) is 22.7 Å². The van der Waals surface area contributed by atoms with Gasteiger partial charge in [-0.25, -0.2) is 0 Å². The van der Waals surface area contributed by atoms with Gasteiger partial charge in [-0.05, 0) is 51.7 Å². The number of fused-ring (bicyclic) bond motifs is 3. The maximum absolute atomic E-state index is 13.1. The molecule has 4 rings (SSSR count). The molecule has 0 radical (unpaired) electrons. The van der Waals surface area contributed by atoms with Gasteiger partial charge in [0.1, 0.15) is 0 Å². The highest BCUT2D eigenvalue weighted by Gasteiger charge is 2.33. The first-order valence-corrected chi connectivity index (χ1v) is 12.5. The van der Waals surface area contributed by atoms with E-state index in [1.807, 2.05) is 0 Å². The Balaban J connectivity index is 1.78. The maximum atomic E-state index is 13.1. The van der Waals surface area contributed by atoms with Crippen molar-refractivity contribution >= 4 is 39.3 Å². The van der Waals surface area contributed by atoms with Gasteiger partial charge >= 0.3 is 10.2 Å². The molecule has 1 aromatic rings. The third kappa shape index (κ3) is 4.33. The van der Waals surface area contributed by atoms with Crippen LogP contribution in [0, 0.1) is 5.92 Å². The first-order chi connectivity index (χ1) is 14.7. The minimum Gasteiger partial charge on any atom is -0.376 e. The lowest BCUT2D eigenvalue weighted by Gasteiger charge is -2.30. The van der Waals surface area contributed by atoms with Gasteiger partial charge in [-0.1, -0.05) is 11.6 Å². The number of rotatable bonds is 5. The zero-order valence-corrected chi connectivity index (χ0v) is 20.0. The van der Waals surface area contributed by atoms with E-state index in [4.69, 9.17) is 16.3 Å². The molecule has 0 spiro atoms. The highest BCUT2D eigenvalue weighted by atomic mass is 35.5. The molecular weight excluding hydrogens is 438 g/mol. The number of aromatic nitrogens is 1. The van der Waals surface area contributed by atoms with Crippen molar-refractivity contribution in [2.45, 2.75) is 58.3 Å². The Bertz CT molecular complexity index is 1130. The standard InChI is InChI=1S/C21H30ClN5O3S/c1-13(2)30-16-7-5-14(6-8-16)19-20-17(12-23-25-19)21-18(24-20)11-15(22)9-10-27(21)31(28,29)26(3)4/h9,11,13-14,16,24H,5-8,10,12H2,1-4H3/t14-,16-. The van der Waals surface area contributed by atoms with Gasteiger partial charge in [0.05, 0.1) is 47.4 Å². The van der Waals surface area contributed by atoms with Crippen LogP contribution in [0.2, 0.25) is 0 Å². The number of halogens is 1. The van der Waals surface area contributed by atoms with Crippen molar-refractivity contribution in [3.05, 3.63) is 27.4 Å². The summed E-state index contributed by atoms with van der Waals surface area (Å²) in [6, 6.07) is 0. The summed E-state index contributed by atoms with van der Waals surface area (Å²) in [6.45, 7) is 4.63. The molecule has 0 amide bonds. The minimum atomic E-state index is -3.70. The predicted molar refractivity (Wildman–Crippen MR) is 122 cm³/mol. The fraction of sp³-hybridized carbons (Fsp3) is 0.619. The van der Waals surface area contributed by atoms with Crippen LogP contribution in [0.3, 0.4) is 0 Å². The van der Waals surface area contributed by atoms with Crippen LogP contribution in [-0.4, -0.2) is 50.6 Å². The monoisotopic (exact) mass is 467 g/mol. The van der Waals surface area contributed by atoms with E-state index >= 15 is 0 Å². The van der Waals surface area contributed by atoms with Crippen LogP contribution in [0.4, 0.5) is 5.69 Å². The quantitative estimate of drug-likeness (QED) is 0.721. The molecule has 0 atom stereocenters. The molecule has 1 saturated carbocycles. The van der Waals surface area contributed by atoms with E-state index in [-0.39, 0.29) is 24.7 Å². The third-order valence-electron chi connectivity index (χ3n) is 6.02. The van der Waals surface area contributed by atoms with Crippen LogP contribution in [0.25, 0.3) is 11.8 Å². The Hall–Kier alpha value is -1.68. The van der Waals surface area contributed by atoms with Gasteiger partial charge in [0.2, 0.25) is 0 Å². The van der Waals surface area contributed by atoms with Crippen molar-refractivity contribution in [3.63, 3.8) is 0 Å². The normalized spacial score (nSPS) is 24.0. The van der Waals surface area contributed by atoms with E-state index in [0.717, 1.165) is 42.3 Å². The molecule has 2 aliphatic heterocycles. The van der Waals surface area contributed by atoms with E-state index < -0.39 is 10.2 Å². The van der Waals surface area contributed by atoms with E-state index in [9.17, 15) is 8.42 Å². The Morgan fingerprint density at radius 2 is 1.97 bits per heavy atom. The second-order valence-electron chi connectivity index (χ2n) is 8.74. The van der Waals surface area contributed by atoms with Gasteiger partial charge in [0.15, 0.2) is 0 Å². The fourth-order valence-corrected chi connectivity index (χ4v) is 5.83. The van der Waals surface area contributed by atoms with E-state index in [2.05, 4.69) is 29.1 Å². The molecule has 170 valence electrons. The number of anilines is 1. The average Bonchev–Trinajstić information content (AvgIpc) is 2.96. The smallest absolute Gasteiger partial charge is 0.303 e. The molecule has 0 bridgehead atoms. The van der Waals surface area contributed by atoms with Gasteiger partial charge in [-0.2, -0.15) is 23.0 Å². The van der Waals surface area contributed by atoms with Crippen molar-refractivity contribution in [1.82, 2.24) is 9.29 Å². The minimum absolute atomic E-state index is 0.164. The summed E-state index contributed by atoms with van der Waals surface area (Å²) in [6.07, 6.45) is 7.91. The van der Waals surface area contributed by atoms with Gasteiger partial charge in [-0.3, -0.25) is 4.31 Å². The van der Waals surface area contributed by atoms with Crippen molar-refractivity contribution in [2.24, 2.45) is 16.1 Å². The third-order valence-corrected chi connectivity index (χ3v) is 8.09. The number of aromatic amines is 1. The molecule has 31 heavy (non-hydrogen) atoms. The first kappa shape index (κ1) is 22.5. The maximum Gasteiger partial charge on any atom is 0.303 e. The Kier molecular flexibility index (Phi) is 6.31. The van der Waals surface area contributed by atoms with E-state index in [1.54, 1.807) is 12.2 Å². The predicted octanol–water partition coefficient (Wildman–Crippen LogP) is 2.60. The molecule has 1 N–H and O–H groups in total. The van der Waals surface area contributed by atoms with Crippen molar-refractivity contribution in [3.8, 4) is 0 Å². The molecule has 0 aromatic carbocycles. The second-order valence-corrected chi connectivity index (χ2v) is 11.2. The topological polar surface area (TPSA) is 90.4 Å². The number of allylic oxidation sites excluding steroid dienone is 1. The molecular formula is C21H30ClN5O3S. The lowest BCUT2D eigenvalue weighted by atomic mass is 9.84. The summed E-state index contributed by atoms with van der Waals surface area (Å²) in [5.41, 5.74) is 2.39. The van der Waals surface area contributed by atoms with Crippen LogP contribution < -0.4 is 15.0 Å². The molecule has 10 heteroatoms. The number of hydrogen-bond acceptors (Lipinski definition) is 5. The summed E-state index contributed by atoms with van der Waals surface area (Å²) >= 11 is 6.33. The molecule has 1 aromatic heterocycles. The van der Waals surface area contributed by atoms with Crippen molar-refractivity contribution < 1.29 is 13.2 Å². The van der Waals surface area contributed by atoms with Crippen molar-refractivity contribution in [1.29, 1.82) is 0 Å². The Morgan fingerprint density at radius 3 is 2.61 bits per heavy atom. The summed E-state index contributed by atoms with van der Waals surface area (Å²) in [5, 5.41) is 10.9. The van der Waals surface area contributed by atoms with Crippen LogP contribution in [0.15, 0.2) is 21.3 Å². The molecule has 8 nitrogen and oxygen atoms in total. The summed E-state index contributed by atoms with van der Waals surface area (Å²) in [7, 11) is -0.638. The summed E-state index contributed by atoms with van der Waals surface area (Å²) < 4.78 is 34.8. The average molecular weight is 468 g/mol. The van der Waals surface area contributed by atoms with Gasteiger partial charge in [-0.15, -0.1) is 0 Å². The fourth-order valence-electron chi connectivity index (χ4n) is 4.55. The number of nitrogens with zero attached hydrogens (tertiary/aromatic N) is 4. The molecule has 3 heterocycles. The highest BCUT2D eigenvalue weighted by Crippen LogP contribution is 2.35. The van der Waals surface area contributed by atoms with Crippen LogP contribution in [0.5, 0.6) is 0 Å². The second kappa shape index (κ2) is 8.69. The summed E-state index contributed by atoms with van der Waals surface area (Å²) in [5.74, 6) is 0.266. The van der Waals surface area contributed by atoms with Crippen LogP contribution in [0.1, 0.15) is 45.1 Å². The number of nitrogens with one attached hydrogen (secondary N) is 1. The summed E-state index contributed by atoms with van der Waals surface area (Å²) in [4.78, 5) is 3.43. The van der Waals surface area contributed by atoms with Gasteiger partial charge < -0.3 is 9.72 Å². The molecule has 0 unspecified atom stereocenters. The largest absolute Gasteiger partial charge is 0.376 e. The molecule has 3 aliphatic rings. The zero-order valence-electron chi connectivity index (χ0n) is 18.4. The SMILES string of the molecule is CC(C)O[C@H]1CC[C@H](C2=c3[nH]c4c(c3CN=N2)N(S(=O)(=O)N(C)C)CC=C(Cl)C=4)CC1. The number of ether oxygens (including phenoxy) is 1. The Morgan fingerprint density at radius 1 is 1.26 bits per heavy atom. The zero-order chi connectivity index (χ0) is 22.3. The van der Waals surface area contributed by atoms with Gasteiger partial charge in [0.25, 0.3) is 0 Å². The Labute approximate surface area is 188 Å². The number of hydrogen-bond donors (Lipinski definition) is 1. The first-order valence-electron chi connectivity index (χ1n) is 10.7. The molecule has 0 saturated heterocycles.